The van der Waals surface area contributed by atoms with E-state index in [9.17, 15) is 0 Å². The summed E-state index contributed by atoms with van der Waals surface area (Å²) in [5.74, 6) is 2.06. The number of benzene rings is 18. The first-order valence-electron chi connectivity index (χ1n) is 41.9. The third kappa shape index (κ3) is 12.1. The summed E-state index contributed by atoms with van der Waals surface area (Å²) in [6.45, 7) is 0. The van der Waals surface area contributed by atoms with Crippen molar-refractivity contribution in [1.82, 2.24) is 27.4 Å². The van der Waals surface area contributed by atoms with Crippen LogP contribution in [0, 0.1) is 0 Å². The molecule has 0 amide bonds. The molecule has 0 N–H and O–H groups in total. The molecule has 1 aliphatic rings. The molecule has 18 heteroatoms. The van der Waals surface area contributed by atoms with Crippen LogP contribution in [-0.4, -0.2) is 27.4 Å². The summed E-state index contributed by atoms with van der Waals surface area (Å²) in [4.78, 5) is 0. The van der Waals surface area contributed by atoms with Crippen LogP contribution in [0.4, 0.5) is 0 Å². The lowest BCUT2D eigenvalue weighted by molar-refractivity contribution is 0.443. The first kappa shape index (κ1) is 73.0. The molecule has 6 aromatic heterocycles. The van der Waals surface area contributed by atoms with Crippen LogP contribution in [0.15, 0.2) is 450 Å². The van der Waals surface area contributed by atoms with E-state index < -0.39 is 23.0 Å². The maximum Gasteiger partial charge on any atom is 0.460 e. The Bertz CT molecular complexity index is 7180. The van der Waals surface area contributed by atoms with Crippen molar-refractivity contribution >= 4 is 154 Å². The average molecular weight is 1680 g/mol. The van der Waals surface area contributed by atoms with Gasteiger partial charge >= 0.3 is 23.0 Å². The van der Waals surface area contributed by atoms with Crippen molar-refractivity contribution < 1.29 is 27.1 Å². The van der Waals surface area contributed by atoms with Gasteiger partial charge in [0.05, 0.1) is 66.2 Å². The third-order valence-corrected chi connectivity index (χ3v) is 32.1. The Morgan fingerprint density at radius 2 is 0.254 bits per heavy atom. The molecule has 0 radical (unpaired) electrons. The highest BCUT2D eigenvalue weighted by Gasteiger charge is 2.49. The molecular formula is C108H72N9O6P3. The minimum atomic E-state index is -4.80. The predicted octanol–water partition coefficient (Wildman–Crippen LogP) is 30.9. The van der Waals surface area contributed by atoms with Gasteiger partial charge in [0.25, 0.3) is 0 Å². The van der Waals surface area contributed by atoms with Crippen LogP contribution in [0.5, 0.6) is 34.5 Å². The van der Waals surface area contributed by atoms with E-state index in [1.54, 1.807) is 0 Å². The van der Waals surface area contributed by atoms with Gasteiger partial charge in [0, 0.05) is 135 Å². The fourth-order valence-corrected chi connectivity index (χ4v) is 27.9. The molecular weight excluding hydrogens is 1610 g/mol. The zero-order chi connectivity index (χ0) is 83.0. The predicted molar refractivity (Wildman–Crippen MR) is 516 cm³/mol. The molecule has 0 bridgehead atoms. The standard InChI is InChI=1S/C108H72N9O6P3/c1-13-55-97-85(43-1)86-44-2-14-56-98(86)112(97)73-31-25-37-79(67-73)118-124(119-80-38-26-32-74(68-80)113-99-57-15-3-45-87(99)88-46-4-16-58-100(88)113)109-125(120-81-39-27-33-75(69-81)114-101-59-17-5-47-89(101)90-48-6-18-60-102(90)114,121-82-40-28-34-76(70-82)115-103-61-19-7-49-91(103)92-50-8-20-62-104(92)115)111-126(110-124,122-83-41-29-35-77(71-83)116-105-63-21-9-51-93(105)94-52-10-22-64-106(94)116)123-84-42-30-36-78(72-84)117-107-65-23-11-53-95(107)96-54-12-24-66-108(96)117/h1-72H. The van der Waals surface area contributed by atoms with E-state index in [2.05, 4.69) is 355 Å². The van der Waals surface area contributed by atoms with Gasteiger partial charge in [0.2, 0.25) is 0 Å². The molecule has 0 spiro atoms. The molecule has 0 saturated heterocycles. The Morgan fingerprint density at radius 3 is 0.381 bits per heavy atom. The fraction of sp³-hybridized carbons (Fsp3) is 0. The van der Waals surface area contributed by atoms with Crippen molar-refractivity contribution in [2.24, 2.45) is 13.5 Å². The number of hydrogen-bond acceptors (Lipinski definition) is 9. The molecule has 0 fully saturated rings. The zero-order valence-corrected chi connectivity index (χ0v) is 70.1. The number of para-hydroxylation sites is 12. The highest BCUT2D eigenvalue weighted by atomic mass is 31.3. The largest absolute Gasteiger partial charge is 0.460 e. The molecule has 0 saturated carbocycles. The molecule has 1 aliphatic heterocycles. The molecule has 0 aliphatic carbocycles. The minimum absolute atomic E-state index is 0.343. The van der Waals surface area contributed by atoms with Crippen molar-refractivity contribution in [2.45, 2.75) is 0 Å². The van der Waals surface area contributed by atoms with E-state index in [1.807, 2.05) is 109 Å². The summed E-state index contributed by atoms with van der Waals surface area (Å²) < 4.78 is 81.0. The van der Waals surface area contributed by atoms with Crippen molar-refractivity contribution in [2.75, 3.05) is 0 Å². The summed E-state index contributed by atoms with van der Waals surface area (Å²) in [7, 11) is -14.4. The van der Waals surface area contributed by atoms with Crippen LogP contribution in [0.1, 0.15) is 0 Å². The lowest BCUT2D eigenvalue weighted by Crippen LogP contribution is -2.12. The number of nitrogens with zero attached hydrogens (tertiary/aromatic N) is 9. The first-order chi connectivity index (χ1) is 62.3. The summed E-state index contributed by atoms with van der Waals surface area (Å²) in [5, 5.41) is 13.1. The Morgan fingerprint density at radius 1 is 0.135 bits per heavy atom. The van der Waals surface area contributed by atoms with Gasteiger partial charge in [-0.2, -0.15) is 0 Å². The number of fused-ring (bicyclic) bond motifs is 18. The van der Waals surface area contributed by atoms with Crippen molar-refractivity contribution in [3.05, 3.63) is 437 Å². The van der Waals surface area contributed by atoms with E-state index in [1.165, 1.54) is 0 Å². The van der Waals surface area contributed by atoms with Crippen LogP contribution in [0.2, 0.25) is 0 Å². The average Bonchev–Trinajstić information content (AvgIpc) is 1.22. The first-order valence-corrected chi connectivity index (χ1v) is 46.5. The summed E-state index contributed by atoms with van der Waals surface area (Å²) >= 11 is 0. The van der Waals surface area contributed by atoms with E-state index in [0.717, 1.165) is 165 Å². The second kappa shape index (κ2) is 29.2. The van der Waals surface area contributed by atoms with Crippen molar-refractivity contribution in [1.29, 1.82) is 0 Å². The maximum absolute atomic E-state index is 8.15. The monoisotopic (exact) mass is 1680 g/mol. The Labute approximate surface area is 722 Å². The molecule has 126 heavy (non-hydrogen) atoms. The van der Waals surface area contributed by atoms with Crippen molar-refractivity contribution in [3.63, 3.8) is 0 Å². The second-order valence-electron chi connectivity index (χ2n) is 31.5. The van der Waals surface area contributed by atoms with Gasteiger partial charge in [-0.1, -0.05) is 268 Å². The van der Waals surface area contributed by atoms with Gasteiger partial charge in [-0.05, 0) is 146 Å². The fourth-order valence-electron chi connectivity index (χ4n) is 18.9. The van der Waals surface area contributed by atoms with Crippen LogP contribution in [0.25, 0.3) is 165 Å². The Hall–Kier alpha value is -15.8. The number of hydrogen-bond donors (Lipinski definition) is 0. The van der Waals surface area contributed by atoms with Crippen LogP contribution >= 0.6 is 23.0 Å². The highest BCUT2D eigenvalue weighted by molar-refractivity contribution is 7.79. The van der Waals surface area contributed by atoms with E-state index in [0.29, 0.717) is 34.5 Å². The quantitative estimate of drug-likeness (QED) is 0.0789. The van der Waals surface area contributed by atoms with E-state index in [4.69, 9.17) is 40.7 Å². The molecule has 0 atom stereocenters. The topological polar surface area (TPSA) is 122 Å². The minimum Gasteiger partial charge on any atom is -0.413 e. The van der Waals surface area contributed by atoms with Gasteiger partial charge in [-0.25, -0.2) is 0 Å². The van der Waals surface area contributed by atoms with E-state index >= 15 is 0 Å². The second-order valence-corrected chi connectivity index (χ2v) is 37.7. The van der Waals surface area contributed by atoms with Crippen molar-refractivity contribution in [3.8, 4) is 68.6 Å². The van der Waals surface area contributed by atoms with Gasteiger partial charge in [0.15, 0.2) is 0 Å². The summed E-state index contributed by atoms with van der Waals surface area (Å²) in [5.41, 5.74) is 16.8. The Balaban J connectivity index is 0.796. The Kier molecular flexibility index (Phi) is 16.9. The zero-order valence-electron chi connectivity index (χ0n) is 67.4. The van der Waals surface area contributed by atoms with E-state index in [-0.39, 0.29) is 0 Å². The summed E-state index contributed by atoms with van der Waals surface area (Å²) in [6.07, 6.45) is 0. The maximum atomic E-state index is 8.15. The normalized spacial score (nSPS) is 13.6. The molecule has 24 aromatic rings. The lowest BCUT2D eigenvalue weighted by atomic mass is 10.2. The van der Waals surface area contributed by atoms with Crippen LogP contribution < -0.4 is 27.1 Å². The van der Waals surface area contributed by atoms with Gasteiger partial charge < -0.3 is 54.5 Å². The molecule has 15 nitrogen and oxygen atoms in total. The van der Waals surface area contributed by atoms with Crippen LogP contribution in [0.3, 0.4) is 0 Å². The third-order valence-electron chi connectivity index (χ3n) is 24.0. The SMILES string of the molecule is c1cc(OP2(Oc3cccc(-n4c5ccccc5c5ccccc54)c3)=NP(Oc3cccc(-n4c5ccccc5c5ccccc54)c3)(Oc3cccc(-n4c5ccccc5c5ccccc54)c3)=NP(Oc3cccc(-n4c5ccccc5c5ccccc54)c3)(Oc3cccc(-n4c5ccccc5c5ccccc54)c3)=N2)cc(-n2c3ccccc3c3ccccc32)c1. The molecule has 18 aromatic carbocycles. The van der Waals surface area contributed by atoms with Gasteiger partial charge in [-0.3, -0.25) is 0 Å². The van der Waals surface area contributed by atoms with Gasteiger partial charge in [0.1, 0.15) is 34.5 Å². The smallest absolute Gasteiger partial charge is 0.413 e. The molecule has 0 unspecified atom stereocenters. The molecule has 25 rings (SSSR count). The molecule has 600 valence electrons. The summed E-state index contributed by atoms with van der Waals surface area (Å²) in [6, 6.07) is 150. The number of rotatable bonds is 18. The van der Waals surface area contributed by atoms with Gasteiger partial charge in [-0.15, -0.1) is 0 Å². The lowest BCUT2D eigenvalue weighted by Gasteiger charge is -2.33. The highest BCUT2D eigenvalue weighted by Crippen LogP contribution is 2.79. The number of aromatic nitrogens is 6. The molecule has 7 heterocycles. The van der Waals surface area contributed by atoms with Crippen LogP contribution in [-0.2, 0) is 0 Å².